The molecule has 41 heavy (non-hydrogen) atoms. The first kappa shape index (κ1) is 31.5. The number of sulfonamides is 1. The number of nitrogens with one attached hydrogen (secondary N) is 1. The van der Waals surface area contributed by atoms with Crippen molar-refractivity contribution in [2.45, 2.75) is 57.1 Å². The van der Waals surface area contributed by atoms with Gasteiger partial charge < -0.3 is 19.7 Å². The molecule has 0 aliphatic rings. The number of carbonyl (C=O) groups is 2. The highest BCUT2D eigenvalue weighted by atomic mass is 32.2. The lowest BCUT2D eigenvalue weighted by molar-refractivity contribution is -0.140. The van der Waals surface area contributed by atoms with Crippen LogP contribution >= 0.6 is 0 Å². The molecule has 9 nitrogen and oxygen atoms in total. The van der Waals surface area contributed by atoms with Gasteiger partial charge in [-0.1, -0.05) is 44.2 Å². The molecule has 0 aliphatic carbocycles. The van der Waals surface area contributed by atoms with Crippen molar-refractivity contribution in [3.63, 3.8) is 0 Å². The van der Waals surface area contributed by atoms with E-state index < -0.39 is 28.5 Å². The van der Waals surface area contributed by atoms with E-state index in [0.717, 1.165) is 16.3 Å². The van der Waals surface area contributed by atoms with Gasteiger partial charge in [0.2, 0.25) is 11.8 Å². The molecular formula is C31H39N3O6S. The van der Waals surface area contributed by atoms with Crippen molar-refractivity contribution < 1.29 is 27.5 Å². The van der Waals surface area contributed by atoms with Crippen LogP contribution in [0, 0.1) is 0 Å². The highest BCUT2D eigenvalue weighted by Crippen LogP contribution is 2.27. The Morgan fingerprint density at radius 2 is 1.39 bits per heavy atom. The highest BCUT2D eigenvalue weighted by Gasteiger charge is 2.34. The average molecular weight is 582 g/mol. The molecular weight excluding hydrogens is 542 g/mol. The van der Waals surface area contributed by atoms with E-state index in [2.05, 4.69) is 5.32 Å². The summed E-state index contributed by atoms with van der Waals surface area (Å²) in [6, 6.07) is 20.7. The number of anilines is 1. The quantitative estimate of drug-likeness (QED) is 0.298. The number of amides is 2. The van der Waals surface area contributed by atoms with Crippen LogP contribution in [0.25, 0.3) is 0 Å². The number of carbonyl (C=O) groups excluding carboxylic acids is 2. The van der Waals surface area contributed by atoms with E-state index in [1.165, 1.54) is 24.1 Å². The molecule has 3 rings (SSSR count). The lowest BCUT2D eigenvalue weighted by Crippen LogP contribution is -2.53. The molecule has 10 heteroatoms. The second kappa shape index (κ2) is 14.5. The third kappa shape index (κ3) is 8.00. The summed E-state index contributed by atoms with van der Waals surface area (Å²) in [5, 5.41) is 2.98. The summed E-state index contributed by atoms with van der Waals surface area (Å²) in [6.45, 7) is 5.30. The van der Waals surface area contributed by atoms with Crippen LogP contribution in [0.2, 0.25) is 0 Å². The number of ether oxygens (including phenoxy) is 2. The van der Waals surface area contributed by atoms with Crippen molar-refractivity contribution in [1.29, 1.82) is 0 Å². The first-order valence-electron chi connectivity index (χ1n) is 13.6. The van der Waals surface area contributed by atoms with Crippen LogP contribution in [-0.4, -0.2) is 58.0 Å². The van der Waals surface area contributed by atoms with Crippen LogP contribution < -0.4 is 19.1 Å². The number of methoxy groups -OCH3 is 2. The molecule has 0 saturated carbocycles. The van der Waals surface area contributed by atoms with Crippen LogP contribution in [-0.2, 0) is 26.2 Å². The van der Waals surface area contributed by atoms with Gasteiger partial charge in [-0.2, -0.15) is 0 Å². The Balaban J connectivity index is 2.04. The molecule has 1 N–H and O–H groups in total. The van der Waals surface area contributed by atoms with Gasteiger partial charge in [0.05, 0.1) is 24.8 Å². The standard InChI is InChI=1S/C31H39N3O6S/c1-6-23(3)32-31(36)29(7-2)33(21-24-13-17-26(39-4)18-14-24)30(35)22-34(25-15-19-27(40-5)20-16-25)41(37,38)28-11-9-8-10-12-28/h8-20,23,29H,6-7,21-22H2,1-5H3,(H,32,36)/t23-,29+/m1/s1. The van der Waals surface area contributed by atoms with Gasteiger partial charge in [0.15, 0.2) is 0 Å². The molecule has 0 bridgehead atoms. The Morgan fingerprint density at radius 3 is 1.90 bits per heavy atom. The lowest BCUT2D eigenvalue weighted by Gasteiger charge is -2.33. The minimum Gasteiger partial charge on any atom is -0.497 e. The summed E-state index contributed by atoms with van der Waals surface area (Å²) >= 11 is 0. The fourth-order valence-corrected chi connectivity index (χ4v) is 5.72. The summed E-state index contributed by atoms with van der Waals surface area (Å²) in [5.41, 5.74) is 1.07. The number of nitrogens with zero attached hydrogens (tertiary/aromatic N) is 2. The van der Waals surface area contributed by atoms with Crippen LogP contribution in [0.15, 0.2) is 83.8 Å². The van der Waals surface area contributed by atoms with Gasteiger partial charge in [0.25, 0.3) is 10.0 Å². The molecule has 0 aliphatic heterocycles. The second-order valence-electron chi connectivity index (χ2n) is 9.63. The number of hydrogen-bond donors (Lipinski definition) is 1. The molecule has 3 aromatic rings. The minimum absolute atomic E-state index is 0.0480. The first-order valence-corrected chi connectivity index (χ1v) is 15.0. The van der Waals surface area contributed by atoms with Crippen molar-refractivity contribution >= 4 is 27.5 Å². The zero-order chi connectivity index (χ0) is 30.0. The predicted octanol–water partition coefficient (Wildman–Crippen LogP) is 4.62. The van der Waals surface area contributed by atoms with E-state index in [-0.39, 0.29) is 23.4 Å². The van der Waals surface area contributed by atoms with Crippen molar-refractivity contribution in [2.24, 2.45) is 0 Å². The first-order chi connectivity index (χ1) is 19.6. The fourth-order valence-electron chi connectivity index (χ4n) is 4.29. The van der Waals surface area contributed by atoms with Crippen LogP contribution in [0.4, 0.5) is 5.69 Å². The maximum absolute atomic E-state index is 14.1. The lowest BCUT2D eigenvalue weighted by atomic mass is 10.1. The van der Waals surface area contributed by atoms with Crippen LogP contribution in [0.1, 0.15) is 39.2 Å². The summed E-state index contributed by atoms with van der Waals surface area (Å²) in [4.78, 5) is 29.0. The Morgan fingerprint density at radius 1 is 0.829 bits per heavy atom. The van der Waals surface area contributed by atoms with Crippen molar-refractivity contribution in [1.82, 2.24) is 10.2 Å². The number of hydrogen-bond acceptors (Lipinski definition) is 6. The average Bonchev–Trinajstić information content (AvgIpc) is 3.00. The van der Waals surface area contributed by atoms with Gasteiger partial charge in [0.1, 0.15) is 24.1 Å². The summed E-state index contributed by atoms with van der Waals surface area (Å²) < 4.78 is 39.3. The van der Waals surface area contributed by atoms with Crippen LogP contribution in [0.3, 0.4) is 0 Å². The molecule has 2 amide bonds. The fraction of sp³-hybridized carbons (Fsp3) is 0.355. The molecule has 0 unspecified atom stereocenters. The zero-order valence-electron chi connectivity index (χ0n) is 24.2. The largest absolute Gasteiger partial charge is 0.497 e. The monoisotopic (exact) mass is 581 g/mol. The number of rotatable bonds is 14. The number of benzene rings is 3. The van der Waals surface area contributed by atoms with E-state index >= 15 is 0 Å². The maximum Gasteiger partial charge on any atom is 0.264 e. The van der Waals surface area contributed by atoms with E-state index in [1.54, 1.807) is 61.7 Å². The van der Waals surface area contributed by atoms with E-state index in [4.69, 9.17) is 9.47 Å². The van der Waals surface area contributed by atoms with Crippen molar-refractivity contribution in [3.8, 4) is 11.5 Å². The molecule has 0 saturated heterocycles. The summed E-state index contributed by atoms with van der Waals surface area (Å²) in [6.07, 6.45) is 1.08. The molecule has 0 fully saturated rings. The van der Waals surface area contributed by atoms with Crippen LogP contribution in [0.5, 0.6) is 11.5 Å². The summed E-state index contributed by atoms with van der Waals surface area (Å²) in [5.74, 6) is 0.409. The SMILES string of the molecule is CC[C@@H](C)NC(=O)[C@H](CC)N(Cc1ccc(OC)cc1)C(=O)CN(c1ccc(OC)cc1)S(=O)(=O)c1ccccc1. The topological polar surface area (TPSA) is 105 Å². The van der Waals surface area contributed by atoms with Crippen molar-refractivity contribution in [3.05, 3.63) is 84.4 Å². The third-order valence-electron chi connectivity index (χ3n) is 6.87. The van der Waals surface area contributed by atoms with Gasteiger partial charge in [-0.15, -0.1) is 0 Å². The Kier molecular flexibility index (Phi) is 11.2. The van der Waals surface area contributed by atoms with E-state index in [9.17, 15) is 18.0 Å². The second-order valence-corrected chi connectivity index (χ2v) is 11.5. The molecule has 0 heterocycles. The summed E-state index contributed by atoms with van der Waals surface area (Å²) in [7, 11) is -1.05. The van der Waals surface area contributed by atoms with Gasteiger partial charge in [-0.25, -0.2) is 8.42 Å². The Hall–Kier alpha value is -4.05. The zero-order valence-corrected chi connectivity index (χ0v) is 25.1. The molecule has 220 valence electrons. The Bertz CT molecular complexity index is 1380. The Labute approximate surface area is 243 Å². The third-order valence-corrected chi connectivity index (χ3v) is 8.66. The van der Waals surface area contributed by atoms with E-state index in [1.807, 2.05) is 32.9 Å². The molecule has 0 radical (unpaired) electrons. The van der Waals surface area contributed by atoms with Gasteiger partial charge in [0, 0.05) is 12.6 Å². The molecule has 3 aromatic carbocycles. The van der Waals surface area contributed by atoms with E-state index in [0.29, 0.717) is 23.6 Å². The minimum atomic E-state index is -4.13. The predicted molar refractivity (Wildman–Crippen MR) is 159 cm³/mol. The highest BCUT2D eigenvalue weighted by molar-refractivity contribution is 7.92. The normalized spacial score (nSPS) is 12.6. The molecule has 2 atom stereocenters. The molecule has 0 aromatic heterocycles. The smallest absolute Gasteiger partial charge is 0.264 e. The van der Waals surface area contributed by atoms with Gasteiger partial charge in [-0.3, -0.25) is 13.9 Å². The van der Waals surface area contributed by atoms with Crippen molar-refractivity contribution in [2.75, 3.05) is 25.1 Å². The molecule has 0 spiro atoms. The van der Waals surface area contributed by atoms with Gasteiger partial charge >= 0.3 is 0 Å². The maximum atomic E-state index is 14.1. The van der Waals surface area contributed by atoms with Gasteiger partial charge in [-0.05, 0) is 73.9 Å².